The van der Waals surface area contributed by atoms with Gasteiger partial charge in [-0.3, -0.25) is 4.98 Å². The number of pyridine rings is 1. The number of guanidine groups is 1. The molecule has 0 unspecified atom stereocenters. The predicted molar refractivity (Wildman–Crippen MR) is 67.3 cm³/mol. The molecule has 0 atom stereocenters. The van der Waals surface area contributed by atoms with Gasteiger partial charge in [0, 0.05) is 18.8 Å². The molecule has 88 valence electrons. The lowest BCUT2D eigenvalue weighted by atomic mass is 10.3. The molecule has 0 bridgehead atoms. The lowest BCUT2D eigenvalue weighted by Crippen LogP contribution is -2.41. The van der Waals surface area contributed by atoms with Crippen LogP contribution in [0.3, 0.4) is 0 Å². The second-order valence-corrected chi connectivity index (χ2v) is 3.82. The van der Waals surface area contributed by atoms with E-state index in [1.165, 1.54) is 0 Å². The highest BCUT2D eigenvalue weighted by molar-refractivity contribution is 5.79. The first-order valence-corrected chi connectivity index (χ1v) is 5.67. The number of rotatable bonds is 4. The van der Waals surface area contributed by atoms with Gasteiger partial charge in [0.2, 0.25) is 0 Å². The Hall–Kier alpha value is -1.58. The fourth-order valence-corrected chi connectivity index (χ4v) is 1.25. The Morgan fingerprint density at radius 2 is 2.25 bits per heavy atom. The van der Waals surface area contributed by atoms with Crippen LogP contribution in [0.5, 0.6) is 0 Å². The summed E-state index contributed by atoms with van der Waals surface area (Å²) in [7, 11) is 0. The third kappa shape index (κ3) is 4.77. The Balaban J connectivity index is 2.57. The van der Waals surface area contributed by atoms with Crippen molar-refractivity contribution in [2.24, 2.45) is 4.99 Å². The first-order valence-electron chi connectivity index (χ1n) is 5.67. The van der Waals surface area contributed by atoms with Crippen molar-refractivity contribution in [2.75, 3.05) is 6.54 Å². The zero-order chi connectivity index (χ0) is 11.8. The topological polar surface area (TPSA) is 49.3 Å². The van der Waals surface area contributed by atoms with E-state index >= 15 is 0 Å². The summed E-state index contributed by atoms with van der Waals surface area (Å²) in [6.45, 7) is 7.70. The van der Waals surface area contributed by atoms with Crippen molar-refractivity contribution in [3.8, 4) is 0 Å². The smallest absolute Gasteiger partial charge is 0.191 e. The number of hydrogen-bond donors (Lipinski definition) is 2. The summed E-state index contributed by atoms with van der Waals surface area (Å²) in [6.07, 6.45) is 1.79. The number of hydrogen-bond acceptors (Lipinski definition) is 2. The number of nitrogens with one attached hydrogen (secondary N) is 2. The molecule has 0 aliphatic heterocycles. The normalized spacial score (nSPS) is 11.6. The molecule has 0 saturated carbocycles. The van der Waals surface area contributed by atoms with Gasteiger partial charge in [-0.05, 0) is 32.9 Å². The van der Waals surface area contributed by atoms with Crippen molar-refractivity contribution in [1.29, 1.82) is 0 Å². The molecule has 1 heterocycles. The first-order chi connectivity index (χ1) is 7.72. The van der Waals surface area contributed by atoms with Gasteiger partial charge in [-0.2, -0.15) is 0 Å². The van der Waals surface area contributed by atoms with Gasteiger partial charge in [-0.25, -0.2) is 4.99 Å². The lowest BCUT2D eigenvalue weighted by molar-refractivity contribution is 0.700. The van der Waals surface area contributed by atoms with Crippen LogP contribution in [-0.2, 0) is 6.54 Å². The van der Waals surface area contributed by atoms with E-state index in [1.807, 2.05) is 18.2 Å². The van der Waals surface area contributed by atoms with Crippen molar-refractivity contribution >= 4 is 5.96 Å². The van der Waals surface area contributed by atoms with E-state index in [2.05, 4.69) is 41.4 Å². The van der Waals surface area contributed by atoms with Crippen molar-refractivity contribution in [3.05, 3.63) is 30.1 Å². The minimum atomic E-state index is 0.376. The van der Waals surface area contributed by atoms with Crippen LogP contribution in [0.4, 0.5) is 0 Å². The Morgan fingerprint density at radius 1 is 1.44 bits per heavy atom. The highest BCUT2D eigenvalue weighted by atomic mass is 15.2. The summed E-state index contributed by atoms with van der Waals surface area (Å²) in [5.74, 6) is 0.836. The van der Waals surface area contributed by atoms with Crippen LogP contribution in [-0.4, -0.2) is 23.5 Å². The first kappa shape index (κ1) is 12.5. The quantitative estimate of drug-likeness (QED) is 0.598. The van der Waals surface area contributed by atoms with Gasteiger partial charge in [0.25, 0.3) is 0 Å². The SMILES string of the molecule is CCNC(=NCc1ccccn1)NC(C)C. The van der Waals surface area contributed by atoms with Crippen LogP contribution in [0, 0.1) is 0 Å². The molecule has 0 saturated heterocycles. The van der Waals surface area contributed by atoms with E-state index in [9.17, 15) is 0 Å². The fourth-order valence-electron chi connectivity index (χ4n) is 1.25. The summed E-state index contributed by atoms with van der Waals surface area (Å²) < 4.78 is 0. The van der Waals surface area contributed by atoms with Crippen molar-refractivity contribution in [3.63, 3.8) is 0 Å². The van der Waals surface area contributed by atoms with E-state index in [0.717, 1.165) is 18.2 Å². The van der Waals surface area contributed by atoms with Crippen LogP contribution >= 0.6 is 0 Å². The molecule has 2 N–H and O–H groups in total. The minimum Gasteiger partial charge on any atom is -0.357 e. The maximum Gasteiger partial charge on any atom is 0.191 e. The second kappa shape index (κ2) is 6.82. The van der Waals surface area contributed by atoms with Gasteiger partial charge >= 0.3 is 0 Å². The average molecular weight is 220 g/mol. The average Bonchev–Trinajstić information content (AvgIpc) is 2.27. The molecule has 0 fully saturated rings. The molecular weight excluding hydrogens is 200 g/mol. The number of nitrogens with zero attached hydrogens (tertiary/aromatic N) is 2. The number of aliphatic imine (C=N–C) groups is 1. The van der Waals surface area contributed by atoms with E-state index < -0.39 is 0 Å². The summed E-state index contributed by atoms with van der Waals surface area (Å²) >= 11 is 0. The molecular formula is C12H20N4. The standard InChI is InChI=1S/C12H20N4/c1-4-13-12(16-10(2)3)15-9-11-7-5-6-8-14-11/h5-8,10H,4,9H2,1-3H3,(H2,13,15,16). The monoisotopic (exact) mass is 220 g/mol. The molecule has 0 aliphatic rings. The summed E-state index contributed by atoms with van der Waals surface area (Å²) in [5.41, 5.74) is 0.975. The van der Waals surface area contributed by atoms with Gasteiger partial charge < -0.3 is 10.6 Å². The van der Waals surface area contributed by atoms with Gasteiger partial charge in [-0.15, -0.1) is 0 Å². The molecule has 1 rings (SSSR count). The molecule has 0 amide bonds. The highest BCUT2D eigenvalue weighted by Crippen LogP contribution is 1.95. The Labute approximate surface area is 97.2 Å². The van der Waals surface area contributed by atoms with Gasteiger partial charge in [0.1, 0.15) is 0 Å². The van der Waals surface area contributed by atoms with E-state index in [-0.39, 0.29) is 0 Å². The zero-order valence-electron chi connectivity index (χ0n) is 10.2. The Bertz CT molecular complexity index is 319. The molecule has 1 aromatic rings. The van der Waals surface area contributed by atoms with Crippen LogP contribution in [0.15, 0.2) is 29.4 Å². The Kier molecular flexibility index (Phi) is 5.32. The van der Waals surface area contributed by atoms with E-state index in [0.29, 0.717) is 12.6 Å². The maximum absolute atomic E-state index is 4.46. The molecule has 4 nitrogen and oxygen atoms in total. The second-order valence-electron chi connectivity index (χ2n) is 3.82. The Morgan fingerprint density at radius 3 is 2.81 bits per heavy atom. The van der Waals surface area contributed by atoms with Crippen molar-refractivity contribution < 1.29 is 0 Å². The molecule has 0 aromatic carbocycles. The van der Waals surface area contributed by atoms with Gasteiger partial charge in [0.15, 0.2) is 5.96 Å². The third-order valence-electron chi connectivity index (χ3n) is 1.89. The molecule has 16 heavy (non-hydrogen) atoms. The largest absolute Gasteiger partial charge is 0.357 e. The van der Waals surface area contributed by atoms with Gasteiger partial charge in [0.05, 0.1) is 12.2 Å². The lowest BCUT2D eigenvalue weighted by Gasteiger charge is -2.13. The number of aromatic nitrogens is 1. The highest BCUT2D eigenvalue weighted by Gasteiger charge is 1.99. The molecule has 4 heteroatoms. The summed E-state index contributed by atoms with van der Waals surface area (Å²) in [5, 5.41) is 6.46. The van der Waals surface area contributed by atoms with Crippen LogP contribution in [0.25, 0.3) is 0 Å². The molecule has 0 radical (unpaired) electrons. The molecule has 1 aromatic heterocycles. The third-order valence-corrected chi connectivity index (χ3v) is 1.89. The van der Waals surface area contributed by atoms with Crippen LogP contribution < -0.4 is 10.6 Å². The van der Waals surface area contributed by atoms with E-state index in [4.69, 9.17) is 0 Å². The van der Waals surface area contributed by atoms with Gasteiger partial charge in [-0.1, -0.05) is 6.07 Å². The zero-order valence-corrected chi connectivity index (χ0v) is 10.2. The van der Waals surface area contributed by atoms with Crippen molar-refractivity contribution in [2.45, 2.75) is 33.4 Å². The summed E-state index contributed by atoms with van der Waals surface area (Å²) in [6, 6.07) is 6.23. The van der Waals surface area contributed by atoms with Crippen LogP contribution in [0.1, 0.15) is 26.5 Å². The predicted octanol–water partition coefficient (Wildman–Crippen LogP) is 1.55. The minimum absolute atomic E-state index is 0.376. The summed E-state index contributed by atoms with van der Waals surface area (Å²) in [4.78, 5) is 8.68. The molecule has 0 aliphatic carbocycles. The fraction of sp³-hybridized carbons (Fsp3) is 0.500. The molecule has 0 spiro atoms. The van der Waals surface area contributed by atoms with Crippen molar-refractivity contribution in [1.82, 2.24) is 15.6 Å². The maximum atomic E-state index is 4.46. The van der Waals surface area contributed by atoms with Crippen LogP contribution in [0.2, 0.25) is 0 Å². The van der Waals surface area contributed by atoms with E-state index in [1.54, 1.807) is 6.20 Å².